The first-order chi connectivity index (χ1) is 10.4. The molecule has 0 aromatic rings. The van der Waals surface area contributed by atoms with Crippen LogP contribution >= 0.6 is 0 Å². The fraction of sp³-hybridized carbons (Fsp3) is 0.900. The number of hydrogen-bond donors (Lipinski definition) is 1. The maximum atomic E-state index is 8.98. The van der Waals surface area contributed by atoms with Crippen LogP contribution in [0.2, 0.25) is 0 Å². The third-order valence-corrected chi connectivity index (χ3v) is 4.46. The predicted octanol–water partition coefficient (Wildman–Crippen LogP) is 5.60. The van der Waals surface area contributed by atoms with Crippen molar-refractivity contribution < 1.29 is 9.84 Å². The highest BCUT2D eigenvalue weighted by Crippen LogP contribution is 2.20. The molecule has 0 rings (SSSR count). The Morgan fingerprint density at radius 2 is 1.55 bits per heavy atom. The maximum absolute atomic E-state index is 8.98. The Hall–Kier alpha value is -0.340. The van der Waals surface area contributed by atoms with Gasteiger partial charge in [0.15, 0.2) is 0 Å². The molecule has 0 radical (unpaired) electrons. The van der Waals surface area contributed by atoms with Crippen LogP contribution in [0.15, 0.2) is 11.6 Å². The molecule has 2 nitrogen and oxygen atoms in total. The average molecular weight is 313 g/mol. The topological polar surface area (TPSA) is 29.5 Å². The highest BCUT2D eigenvalue weighted by atomic mass is 16.5. The second kappa shape index (κ2) is 13.1. The molecule has 0 heterocycles. The molecule has 0 fully saturated rings. The van der Waals surface area contributed by atoms with Crippen LogP contribution in [0.25, 0.3) is 0 Å². The lowest BCUT2D eigenvalue weighted by molar-refractivity contribution is 0.00658. The number of ether oxygens (including phenoxy) is 1. The molecule has 0 spiro atoms. The Morgan fingerprint density at radius 1 is 0.909 bits per heavy atom. The summed E-state index contributed by atoms with van der Waals surface area (Å²) in [6, 6.07) is 0. The first kappa shape index (κ1) is 21.7. The SMILES string of the molecule is CC(C)=CCCC(C)CCOC(CCC(C)CCO)C(C)C. The van der Waals surface area contributed by atoms with E-state index in [2.05, 4.69) is 47.6 Å². The summed E-state index contributed by atoms with van der Waals surface area (Å²) in [6.07, 6.45) is 9.48. The van der Waals surface area contributed by atoms with Crippen molar-refractivity contribution in [1.29, 1.82) is 0 Å². The summed E-state index contributed by atoms with van der Waals surface area (Å²) in [5.74, 6) is 1.90. The van der Waals surface area contributed by atoms with Gasteiger partial charge in [0.1, 0.15) is 0 Å². The fourth-order valence-electron chi connectivity index (χ4n) is 2.64. The Bertz CT molecular complexity index is 279. The monoisotopic (exact) mass is 312 g/mol. The number of aliphatic hydroxyl groups is 1. The Morgan fingerprint density at radius 3 is 2.09 bits per heavy atom. The largest absolute Gasteiger partial charge is 0.396 e. The third kappa shape index (κ3) is 12.2. The van der Waals surface area contributed by atoms with Crippen molar-refractivity contribution in [2.75, 3.05) is 13.2 Å². The molecule has 0 bridgehead atoms. The van der Waals surface area contributed by atoms with E-state index in [1.807, 2.05) is 0 Å². The Balaban J connectivity index is 3.92. The first-order valence-corrected chi connectivity index (χ1v) is 9.22. The lowest BCUT2D eigenvalue weighted by atomic mass is 9.95. The summed E-state index contributed by atoms with van der Waals surface area (Å²) in [4.78, 5) is 0. The lowest BCUT2D eigenvalue weighted by Gasteiger charge is -2.24. The smallest absolute Gasteiger partial charge is 0.0598 e. The second-order valence-electron chi connectivity index (χ2n) is 7.60. The Kier molecular flexibility index (Phi) is 12.9. The van der Waals surface area contributed by atoms with Crippen LogP contribution in [-0.2, 0) is 4.74 Å². The van der Waals surface area contributed by atoms with Gasteiger partial charge in [0, 0.05) is 13.2 Å². The quantitative estimate of drug-likeness (QED) is 0.449. The van der Waals surface area contributed by atoms with Gasteiger partial charge in [-0.05, 0) is 70.1 Å². The standard InChI is InChI=1S/C20H40O2/c1-16(2)8-7-9-18(5)13-15-22-20(17(3)4)11-10-19(6)12-14-21/h8,17-21H,7,9-15H2,1-6H3. The van der Waals surface area contributed by atoms with E-state index in [0.717, 1.165) is 38.2 Å². The van der Waals surface area contributed by atoms with E-state index in [-0.39, 0.29) is 0 Å². The van der Waals surface area contributed by atoms with Crippen molar-refractivity contribution >= 4 is 0 Å². The van der Waals surface area contributed by atoms with Crippen LogP contribution in [0.3, 0.4) is 0 Å². The molecule has 0 saturated carbocycles. The van der Waals surface area contributed by atoms with Crippen molar-refractivity contribution in [3.05, 3.63) is 11.6 Å². The highest BCUT2D eigenvalue weighted by Gasteiger charge is 2.15. The molecule has 2 heteroatoms. The summed E-state index contributed by atoms with van der Waals surface area (Å²) in [6.45, 7) is 14.6. The van der Waals surface area contributed by atoms with Crippen molar-refractivity contribution in [2.24, 2.45) is 17.8 Å². The number of aliphatic hydroxyl groups excluding tert-OH is 1. The maximum Gasteiger partial charge on any atom is 0.0598 e. The molecule has 3 atom stereocenters. The van der Waals surface area contributed by atoms with Gasteiger partial charge < -0.3 is 9.84 Å². The van der Waals surface area contributed by atoms with Crippen LogP contribution in [-0.4, -0.2) is 24.4 Å². The zero-order valence-electron chi connectivity index (χ0n) is 15.9. The molecule has 0 amide bonds. The number of rotatable bonds is 13. The van der Waals surface area contributed by atoms with Crippen LogP contribution in [0.5, 0.6) is 0 Å². The van der Waals surface area contributed by atoms with Crippen molar-refractivity contribution in [1.82, 2.24) is 0 Å². The van der Waals surface area contributed by atoms with E-state index >= 15 is 0 Å². The molecule has 132 valence electrons. The van der Waals surface area contributed by atoms with Crippen molar-refractivity contribution in [2.45, 2.75) is 86.2 Å². The second-order valence-corrected chi connectivity index (χ2v) is 7.60. The predicted molar refractivity (Wildman–Crippen MR) is 97.1 cm³/mol. The first-order valence-electron chi connectivity index (χ1n) is 9.22. The van der Waals surface area contributed by atoms with Gasteiger partial charge >= 0.3 is 0 Å². The van der Waals surface area contributed by atoms with Gasteiger partial charge in [-0.3, -0.25) is 0 Å². The van der Waals surface area contributed by atoms with Crippen LogP contribution < -0.4 is 0 Å². The number of hydrogen-bond acceptors (Lipinski definition) is 2. The molecule has 3 unspecified atom stereocenters. The normalized spacial score (nSPS) is 15.6. The molecular formula is C20H40O2. The molecule has 1 N–H and O–H groups in total. The molecular weight excluding hydrogens is 272 g/mol. The van der Waals surface area contributed by atoms with Crippen LogP contribution in [0, 0.1) is 17.8 Å². The van der Waals surface area contributed by atoms with Gasteiger partial charge in [0.2, 0.25) is 0 Å². The molecule has 22 heavy (non-hydrogen) atoms. The van der Waals surface area contributed by atoms with Gasteiger partial charge in [-0.1, -0.05) is 39.3 Å². The summed E-state index contributed by atoms with van der Waals surface area (Å²) in [7, 11) is 0. The van der Waals surface area contributed by atoms with Crippen molar-refractivity contribution in [3.63, 3.8) is 0 Å². The fourth-order valence-corrected chi connectivity index (χ4v) is 2.64. The zero-order valence-corrected chi connectivity index (χ0v) is 15.9. The summed E-state index contributed by atoms with van der Waals surface area (Å²) < 4.78 is 6.15. The molecule has 0 aliphatic heterocycles. The molecule has 0 aliphatic carbocycles. The van der Waals surface area contributed by atoms with Crippen LogP contribution in [0.1, 0.15) is 80.1 Å². The Labute approximate surface area is 139 Å². The van der Waals surface area contributed by atoms with Gasteiger partial charge in [-0.2, -0.15) is 0 Å². The van der Waals surface area contributed by atoms with Gasteiger partial charge in [0.05, 0.1) is 6.10 Å². The van der Waals surface area contributed by atoms with Crippen molar-refractivity contribution in [3.8, 4) is 0 Å². The minimum absolute atomic E-state index is 0.303. The van der Waals surface area contributed by atoms with E-state index in [4.69, 9.17) is 9.84 Å². The minimum Gasteiger partial charge on any atom is -0.396 e. The number of allylic oxidation sites excluding steroid dienone is 2. The minimum atomic E-state index is 0.303. The van der Waals surface area contributed by atoms with Gasteiger partial charge in [-0.25, -0.2) is 0 Å². The van der Waals surface area contributed by atoms with Gasteiger partial charge in [0.25, 0.3) is 0 Å². The summed E-state index contributed by atoms with van der Waals surface area (Å²) in [5, 5.41) is 8.98. The van der Waals surface area contributed by atoms with E-state index in [9.17, 15) is 0 Å². The molecule has 0 aromatic carbocycles. The summed E-state index contributed by atoms with van der Waals surface area (Å²) in [5.41, 5.74) is 1.42. The van der Waals surface area contributed by atoms with E-state index in [1.54, 1.807) is 0 Å². The molecule has 0 aromatic heterocycles. The molecule has 0 aliphatic rings. The third-order valence-electron chi connectivity index (χ3n) is 4.46. The highest BCUT2D eigenvalue weighted by molar-refractivity contribution is 4.92. The average Bonchev–Trinajstić information content (AvgIpc) is 2.42. The summed E-state index contributed by atoms with van der Waals surface area (Å²) >= 11 is 0. The van der Waals surface area contributed by atoms with Crippen LogP contribution in [0.4, 0.5) is 0 Å². The zero-order chi connectivity index (χ0) is 17.0. The van der Waals surface area contributed by atoms with Gasteiger partial charge in [-0.15, -0.1) is 0 Å². The lowest BCUT2D eigenvalue weighted by Crippen LogP contribution is -2.22. The van der Waals surface area contributed by atoms with E-state index in [1.165, 1.54) is 18.4 Å². The molecule has 0 saturated heterocycles. The van der Waals surface area contributed by atoms with E-state index < -0.39 is 0 Å². The van der Waals surface area contributed by atoms with E-state index in [0.29, 0.717) is 24.5 Å².